The van der Waals surface area contributed by atoms with E-state index >= 15 is 0 Å². The first-order valence-corrected chi connectivity index (χ1v) is 13.1. The van der Waals surface area contributed by atoms with Gasteiger partial charge in [0.2, 0.25) is 0 Å². The third kappa shape index (κ3) is 5.55. The van der Waals surface area contributed by atoms with Crippen molar-refractivity contribution in [1.29, 1.82) is 5.26 Å². The van der Waals surface area contributed by atoms with E-state index < -0.39 is 29.3 Å². The molecule has 0 aliphatic carbocycles. The molecule has 2 unspecified atom stereocenters. The van der Waals surface area contributed by atoms with Crippen molar-refractivity contribution in [3.05, 3.63) is 93.5 Å². The van der Waals surface area contributed by atoms with E-state index in [-0.39, 0.29) is 24.4 Å². The molecule has 5 rings (SSSR count). The van der Waals surface area contributed by atoms with Crippen molar-refractivity contribution in [3.8, 4) is 6.07 Å². The Labute approximate surface area is 238 Å². The third-order valence-electron chi connectivity index (χ3n) is 7.48. The summed E-state index contributed by atoms with van der Waals surface area (Å²) in [5, 5.41) is 9.45. The molecule has 4 aromatic rings. The molecule has 3 aromatic heterocycles. The molecule has 0 saturated carbocycles. The first-order valence-electron chi connectivity index (χ1n) is 13.1. The molecular weight excluding hydrogens is 554 g/mol. The van der Waals surface area contributed by atoms with E-state index in [4.69, 9.17) is 4.74 Å². The van der Waals surface area contributed by atoms with Gasteiger partial charge in [-0.05, 0) is 48.9 Å². The van der Waals surface area contributed by atoms with E-state index in [2.05, 4.69) is 19.9 Å². The molecule has 1 fully saturated rings. The number of methoxy groups -OCH3 is 1. The van der Waals surface area contributed by atoms with Crippen molar-refractivity contribution in [2.75, 3.05) is 31.7 Å². The number of alkyl halides is 3. The number of rotatable bonds is 6. The lowest BCUT2D eigenvalue weighted by Crippen LogP contribution is -2.60. The summed E-state index contributed by atoms with van der Waals surface area (Å²) in [7, 11) is 3.12. The van der Waals surface area contributed by atoms with E-state index in [1.807, 2.05) is 17.9 Å². The monoisotopic (exact) mass is 581 g/mol. The zero-order valence-corrected chi connectivity index (χ0v) is 23.0. The number of hydrogen-bond acceptors (Lipinski definition) is 8. The summed E-state index contributed by atoms with van der Waals surface area (Å²) < 4.78 is 60.7. The van der Waals surface area contributed by atoms with Gasteiger partial charge in [-0.3, -0.25) is 14.5 Å². The largest absolute Gasteiger partial charge is 0.417 e. The van der Waals surface area contributed by atoms with Gasteiger partial charge in [0.25, 0.3) is 0 Å². The second-order valence-electron chi connectivity index (χ2n) is 10.2. The molecule has 0 N–H and O–H groups in total. The Balaban J connectivity index is 1.59. The van der Waals surface area contributed by atoms with Crippen LogP contribution in [0.1, 0.15) is 35.5 Å². The van der Waals surface area contributed by atoms with Crippen LogP contribution in [0.4, 0.5) is 23.4 Å². The molecule has 1 aliphatic heterocycles. The Morgan fingerprint density at radius 3 is 2.45 bits per heavy atom. The quantitative estimate of drug-likeness (QED) is 0.315. The lowest BCUT2D eigenvalue weighted by molar-refractivity contribution is -0.137. The van der Waals surface area contributed by atoms with Crippen molar-refractivity contribution in [1.82, 2.24) is 24.4 Å². The predicted octanol–water partition coefficient (Wildman–Crippen LogP) is 4.07. The lowest BCUT2D eigenvalue weighted by Gasteiger charge is -2.48. The van der Waals surface area contributed by atoms with Gasteiger partial charge < -0.3 is 9.64 Å². The van der Waals surface area contributed by atoms with Crippen molar-refractivity contribution < 1.29 is 22.3 Å². The second-order valence-corrected chi connectivity index (χ2v) is 10.2. The van der Waals surface area contributed by atoms with Gasteiger partial charge in [0.05, 0.1) is 35.5 Å². The second kappa shape index (κ2) is 11.5. The minimum atomic E-state index is -4.54. The molecule has 218 valence electrons. The fourth-order valence-electron chi connectivity index (χ4n) is 5.40. The van der Waals surface area contributed by atoms with E-state index in [1.165, 1.54) is 35.9 Å². The number of pyridine rings is 2. The van der Waals surface area contributed by atoms with E-state index in [0.29, 0.717) is 41.2 Å². The standard InChI is InChI=1S/C29H27F4N7O2/c1-17-14-40(26(18-4-7-20(30)8-5-18)23-10-6-19(13-35-23)29(31,32)33)22(16-42-3)15-39(17)27-25-24(38(2)28(41)37-27)11-9-21(12-34)36-25/h4-11,13,17,22,26H,14-16H2,1-3H3/t17?,22-,26?/m0/s1. The van der Waals surface area contributed by atoms with Crippen LogP contribution in [0.3, 0.4) is 0 Å². The number of nitriles is 1. The van der Waals surface area contributed by atoms with Gasteiger partial charge >= 0.3 is 11.9 Å². The smallest absolute Gasteiger partial charge is 0.383 e. The van der Waals surface area contributed by atoms with Gasteiger partial charge in [0, 0.05) is 39.5 Å². The molecule has 13 heteroatoms. The van der Waals surface area contributed by atoms with Gasteiger partial charge in [0.1, 0.15) is 23.1 Å². The van der Waals surface area contributed by atoms with E-state index in [1.54, 1.807) is 25.2 Å². The van der Waals surface area contributed by atoms with Crippen LogP contribution in [0.15, 0.2) is 59.5 Å². The molecular formula is C29H27F4N7O2. The molecule has 1 aliphatic rings. The minimum absolute atomic E-state index is 0.175. The first kappa shape index (κ1) is 29.1. The number of piperazine rings is 1. The van der Waals surface area contributed by atoms with Crippen LogP contribution in [0, 0.1) is 17.1 Å². The maximum absolute atomic E-state index is 13.9. The predicted molar refractivity (Wildman–Crippen MR) is 146 cm³/mol. The highest BCUT2D eigenvalue weighted by atomic mass is 19.4. The number of aromatic nitrogens is 4. The fourth-order valence-corrected chi connectivity index (χ4v) is 5.40. The summed E-state index contributed by atoms with van der Waals surface area (Å²) >= 11 is 0. The Kier molecular flexibility index (Phi) is 7.94. The number of anilines is 1. The van der Waals surface area contributed by atoms with E-state index in [0.717, 1.165) is 12.3 Å². The van der Waals surface area contributed by atoms with Crippen LogP contribution in [-0.2, 0) is 18.0 Å². The number of benzene rings is 1. The summed E-state index contributed by atoms with van der Waals surface area (Å²) in [6, 6.07) is 12.0. The minimum Gasteiger partial charge on any atom is -0.383 e. The van der Waals surface area contributed by atoms with Gasteiger partial charge in [-0.2, -0.15) is 23.4 Å². The van der Waals surface area contributed by atoms with Gasteiger partial charge in [-0.15, -0.1) is 0 Å². The summed E-state index contributed by atoms with van der Waals surface area (Å²) in [6.45, 7) is 2.81. The van der Waals surface area contributed by atoms with Crippen molar-refractivity contribution in [2.24, 2.45) is 7.05 Å². The van der Waals surface area contributed by atoms with Crippen LogP contribution in [-0.4, -0.2) is 63.3 Å². The molecule has 42 heavy (non-hydrogen) atoms. The molecule has 3 atom stereocenters. The Bertz CT molecular complexity index is 1680. The number of aryl methyl sites for hydroxylation is 1. The number of halogens is 4. The molecule has 9 nitrogen and oxygen atoms in total. The Morgan fingerprint density at radius 2 is 1.83 bits per heavy atom. The van der Waals surface area contributed by atoms with Crippen LogP contribution in [0.5, 0.6) is 0 Å². The molecule has 1 aromatic carbocycles. The number of ether oxygens (including phenoxy) is 1. The van der Waals surface area contributed by atoms with E-state index in [9.17, 15) is 27.6 Å². The molecule has 0 bridgehead atoms. The number of fused-ring (bicyclic) bond motifs is 1. The third-order valence-corrected chi connectivity index (χ3v) is 7.48. The fraction of sp³-hybridized carbons (Fsp3) is 0.345. The van der Waals surface area contributed by atoms with Crippen molar-refractivity contribution >= 4 is 16.9 Å². The zero-order valence-electron chi connectivity index (χ0n) is 23.0. The topological polar surface area (TPSA) is 100 Å². The van der Waals surface area contributed by atoms with Crippen LogP contribution in [0.2, 0.25) is 0 Å². The van der Waals surface area contributed by atoms with Crippen LogP contribution >= 0.6 is 0 Å². The number of hydrogen-bond donors (Lipinski definition) is 0. The SMILES string of the molecule is COC[C@@H]1CN(c2nc(=O)n(C)c3ccc(C#N)nc23)C(C)CN1C(c1ccc(F)cc1)c1ccc(C(F)(F)F)cn1. The average molecular weight is 582 g/mol. The van der Waals surface area contributed by atoms with Gasteiger partial charge in [-0.25, -0.2) is 14.2 Å². The highest BCUT2D eigenvalue weighted by Gasteiger charge is 2.39. The maximum Gasteiger partial charge on any atom is 0.417 e. The van der Waals surface area contributed by atoms with Crippen LogP contribution in [0.25, 0.3) is 11.0 Å². The summed E-state index contributed by atoms with van der Waals surface area (Å²) in [5.74, 6) is -0.123. The summed E-state index contributed by atoms with van der Waals surface area (Å²) in [4.78, 5) is 29.8. The summed E-state index contributed by atoms with van der Waals surface area (Å²) in [6.07, 6.45) is -3.75. The number of nitrogens with zero attached hydrogens (tertiary/aromatic N) is 7. The molecule has 0 amide bonds. The van der Waals surface area contributed by atoms with Gasteiger partial charge in [-0.1, -0.05) is 12.1 Å². The Morgan fingerprint density at radius 1 is 1.10 bits per heavy atom. The molecule has 4 heterocycles. The normalized spacial score (nSPS) is 18.7. The molecule has 1 saturated heterocycles. The van der Waals surface area contributed by atoms with Crippen molar-refractivity contribution in [3.63, 3.8) is 0 Å². The maximum atomic E-state index is 13.9. The molecule has 0 radical (unpaired) electrons. The summed E-state index contributed by atoms with van der Waals surface area (Å²) in [5.41, 5.74) is 0.723. The highest BCUT2D eigenvalue weighted by molar-refractivity contribution is 5.86. The first-order chi connectivity index (χ1) is 20.0. The van der Waals surface area contributed by atoms with Gasteiger partial charge in [0.15, 0.2) is 5.82 Å². The average Bonchev–Trinajstić information content (AvgIpc) is 2.97. The highest BCUT2D eigenvalue weighted by Crippen LogP contribution is 2.36. The van der Waals surface area contributed by atoms with Crippen LogP contribution < -0.4 is 10.6 Å². The Hall–Kier alpha value is -4.41. The van der Waals surface area contributed by atoms with Crippen molar-refractivity contribution in [2.45, 2.75) is 31.2 Å². The zero-order chi connectivity index (χ0) is 30.2. The molecule has 0 spiro atoms. The lowest BCUT2D eigenvalue weighted by atomic mass is 9.96.